The number of hydrogen-bond acceptors (Lipinski definition) is 5. The molecule has 0 aromatic heterocycles. The van der Waals surface area contributed by atoms with E-state index in [-0.39, 0.29) is 37.4 Å². The van der Waals surface area contributed by atoms with Crippen LogP contribution in [0.2, 0.25) is 0 Å². The Balaban J connectivity index is -0.00000264. The normalized spacial score (nSPS) is 12.4. The van der Waals surface area contributed by atoms with Crippen LogP contribution in [0, 0.1) is 0 Å². The molecule has 0 saturated heterocycles. The van der Waals surface area contributed by atoms with Gasteiger partial charge in [-0.2, -0.15) is 8.42 Å². The van der Waals surface area contributed by atoms with E-state index < -0.39 is 21.3 Å². The van der Waals surface area contributed by atoms with E-state index in [1.165, 1.54) is 64.9 Å². The predicted octanol–water partition coefficient (Wildman–Crippen LogP) is 1.71. The minimum absolute atomic E-state index is 0. The molecule has 1 atom stereocenters. The first-order valence-corrected chi connectivity index (χ1v) is 10.8. The Morgan fingerprint density at radius 1 is 0.840 bits per heavy atom. The molecule has 1 unspecified atom stereocenters. The third kappa shape index (κ3) is 14.1. The van der Waals surface area contributed by atoms with Gasteiger partial charge in [0.1, 0.15) is 0 Å². The number of esters is 1. The van der Waals surface area contributed by atoms with Gasteiger partial charge in [0.15, 0.2) is 5.25 Å². The van der Waals surface area contributed by atoms with Gasteiger partial charge in [-0.15, -0.1) is 0 Å². The van der Waals surface area contributed by atoms with Gasteiger partial charge in [0.25, 0.3) is 10.1 Å². The number of ether oxygens (including phenoxy) is 1. The van der Waals surface area contributed by atoms with Crippen LogP contribution in [0.5, 0.6) is 0 Å². The van der Waals surface area contributed by atoms with Crippen LogP contribution in [0.3, 0.4) is 0 Å². The molecule has 5 nitrogen and oxygen atoms in total. The molecule has 0 heterocycles. The Bertz CT molecular complexity index is 418. The van der Waals surface area contributed by atoms with Crippen LogP contribution in [-0.2, 0) is 23.8 Å². The molecule has 0 saturated carbocycles. The summed E-state index contributed by atoms with van der Waals surface area (Å²) in [5, 5.41) is -1.20. The number of rotatable bonds is 16. The number of unbranched alkanes of at least 4 members (excludes halogenated alkanes) is 11. The van der Waals surface area contributed by atoms with Crippen molar-refractivity contribution in [3.63, 3.8) is 0 Å². The summed E-state index contributed by atoms with van der Waals surface area (Å²) in [6.07, 6.45) is 14.7. The fourth-order valence-electron chi connectivity index (χ4n) is 2.80. The molecular formula is C18H37NaO5S. The van der Waals surface area contributed by atoms with Crippen molar-refractivity contribution in [3.05, 3.63) is 0 Å². The van der Waals surface area contributed by atoms with Crippen molar-refractivity contribution in [2.24, 2.45) is 0 Å². The molecular weight excluding hydrogens is 351 g/mol. The number of carbonyl (C=O) groups is 1. The van der Waals surface area contributed by atoms with E-state index in [1.54, 1.807) is 0 Å². The SMILES string of the molecule is CCCCCCCCCCCCCCC(C(=O)OC)S(=O)(=O)OC.[H-].[Na+]. The quantitative estimate of drug-likeness (QED) is 0.174. The van der Waals surface area contributed by atoms with Crippen molar-refractivity contribution in [2.75, 3.05) is 14.2 Å². The zero-order chi connectivity index (χ0) is 18.3. The van der Waals surface area contributed by atoms with Gasteiger partial charge in [-0.1, -0.05) is 84.0 Å². The predicted molar refractivity (Wildman–Crippen MR) is 98.5 cm³/mol. The fraction of sp³-hybridized carbons (Fsp3) is 0.944. The summed E-state index contributed by atoms with van der Waals surface area (Å²) in [5.74, 6) is -0.736. The molecule has 0 bridgehead atoms. The summed E-state index contributed by atoms with van der Waals surface area (Å²) in [6.45, 7) is 2.23. The molecule has 0 aliphatic heterocycles. The molecule has 0 rings (SSSR count). The van der Waals surface area contributed by atoms with Crippen LogP contribution in [0.15, 0.2) is 0 Å². The summed E-state index contributed by atoms with van der Waals surface area (Å²) in [4.78, 5) is 11.6. The largest absolute Gasteiger partial charge is 1.00 e. The Hall–Kier alpha value is 0.380. The van der Waals surface area contributed by atoms with Crippen molar-refractivity contribution in [3.8, 4) is 0 Å². The van der Waals surface area contributed by atoms with E-state index in [1.807, 2.05) is 0 Å². The molecule has 7 heteroatoms. The third-order valence-corrected chi connectivity index (χ3v) is 5.95. The first kappa shape index (κ1) is 27.6. The number of carbonyl (C=O) groups excluding carboxylic acids is 1. The molecule has 0 aromatic rings. The Morgan fingerprint density at radius 2 is 1.24 bits per heavy atom. The van der Waals surface area contributed by atoms with E-state index in [4.69, 9.17) is 0 Å². The topological polar surface area (TPSA) is 69.7 Å². The average Bonchev–Trinajstić information content (AvgIpc) is 2.58. The minimum Gasteiger partial charge on any atom is -1.00 e. The van der Waals surface area contributed by atoms with E-state index >= 15 is 0 Å². The molecule has 146 valence electrons. The molecule has 0 N–H and O–H groups in total. The molecule has 25 heavy (non-hydrogen) atoms. The maximum atomic E-state index is 11.7. The minimum atomic E-state index is -3.86. The van der Waals surface area contributed by atoms with Gasteiger partial charge in [-0.05, 0) is 6.42 Å². The van der Waals surface area contributed by atoms with Gasteiger partial charge in [0.2, 0.25) is 0 Å². The van der Waals surface area contributed by atoms with Gasteiger partial charge < -0.3 is 6.16 Å². The zero-order valence-corrected chi connectivity index (χ0v) is 19.5. The van der Waals surface area contributed by atoms with Gasteiger partial charge >= 0.3 is 35.5 Å². The third-order valence-electron chi connectivity index (χ3n) is 4.36. The zero-order valence-electron chi connectivity index (χ0n) is 17.7. The molecule has 0 aromatic carbocycles. The number of methoxy groups -OCH3 is 1. The molecule has 0 amide bonds. The molecule has 0 fully saturated rings. The first-order chi connectivity index (χ1) is 11.5. The van der Waals surface area contributed by atoms with Crippen LogP contribution < -0.4 is 29.6 Å². The van der Waals surface area contributed by atoms with Crippen LogP contribution in [0.4, 0.5) is 0 Å². The van der Waals surface area contributed by atoms with Gasteiger partial charge in [-0.3, -0.25) is 8.98 Å². The summed E-state index contributed by atoms with van der Waals surface area (Å²) in [7, 11) is -1.59. The molecule has 0 aliphatic carbocycles. The maximum absolute atomic E-state index is 11.7. The second-order valence-electron chi connectivity index (χ2n) is 6.35. The Morgan fingerprint density at radius 3 is 1.60 bits per heavy atom. The van der Waals surface area contributed by atoms with E-state index in [9.17, 15) is 13.2 Å². The standard InChI is InChI=1S/C18H36O5S.Na.H/c1-4-5-6-7-8-9-10-11-12-13-14-15-16-17(18(19)22-2)24(20,21)23-3;;/h17H,4-16H2,1-3H3;;/q;+1;-1. The van der Waals surface area contributed by atoms with Crippen molar-refractivity contribution < 1.29 is 53.1 Å². The summed E-state index contributed by atoms with van der Waals surface area (Å²) in [6, 6.07) is 0. The average molecular weight is 389 g/mol. The van der Waals surface area contributed by atoms with Crippen molar-refractivity contribution in [1.82, 2.24) is 0 Å². The molecule has 0 aliphatic rings. The smallest absolute Gasteiger partial charge is 1.00 e. The van der Waals surface area contributed by atoms with Gasteiger partial charge in [-0.25, -0.2) is 0 Å². The van der Waals surface area contributed by atoms with Crippen LogP contribution in [0.25, 0.3) is 0 Å². The Kier molecular flexibility index (Phi) is 19.6. The van der Waals surface area contributed by atoms with Gasteiger partial charge in [0, 0.05) is 0 Å². The first-order valence-electron chi connectivity index (χ1n) is 9.36. The molecule has 0 spiro atoms. The Labute approximate surface area is 178 Å². The van der Waals surface area contributed by atoms with Crippen molar-refractivity contribution >= 4 is 16.1 Å². The fourth-order valence-corrected chi connectivity index (χ4v) is 3.82. The van der Waals surface area contributed by atoms with E-state index in [0.29, 0.717) is 6.42 Å². The second-order valence-corrected chi connectivity index (χ2v) is 8.24. The van der Waals surface area contributed by atoms with Crippen LogP contribution in [0.1, 0.15) is 91.8 Å². The summed E-state index contributed by atoms with van der Waals surface area (Å²) < 4.78 is 32.4. The maximum Gasteiger partial charge on any atom is 1.00 e. The summed E-state index contributed by atoms with van der Waals surface area (Å²) in [5.41, 5.74) is 0. The van der Waals surface area contributed by atoms with Crippen LogP contribution in [-0.4, -0.2) is 33.9 Å². The summed E-state index contributed by atoms with van der Waals surface area (Å²) >= 11 is 0. The second kappa shape index (κ2) is 17.8. The van der Waals surface area contributed by atoms with Crippen molar-refractivity contribution in [1.29, 1.82) is 0 Å². The van der Waals surface area contributed by atoms with Gasteiger partial charge in [0.05, 0.1) is 14.2 Å². The van der Waals surface area contributed by atoms with E-state index in [0.717, 1.165) is 20.0 Å². The molecule has 0 radical (unpaired) electrons. The monoisotopic (exact) mass is 388 g/mol. The van der Waals surface area contributed by atoms with Crippen molar-refractivity contribution in [2.45, 2.75) is 95.6 Å². The van der Waals surface area contributed by atoms with E-state index in [2.05, 4.69) is 15.8 Å². The van der Waals surface area contributed by atoms with Crippen LogP contribution >= 0.6 is 0 Å². The number of hydrogen-bond donors (Lipinski definition) is 0.